The number of nitrogens with zero attached hydrogens (tertiary/aromatic N) is 5. The van der Waals surface area contributed by atoms with Crippen molar-refractivity contribution >= 4 is 33.4 Å². The van der Waals surface area contributed by atoms with E-state index in [1.54, 1.807) is 29.6 Å². The summed E-state index contributed by atoms with van der Waals surface area (Å²) in [6, 6.07) is 15.5. The molecule has 0 amide bonds. The Balaban J connectivity index is 1.40. The molecule has 37 heavy (non-hydrogen) atoms. The van der Waals surface area contributed by atoms with E-state index >= 15 is 0 Å². The third-order valence-corrected chi connectivity index (χ3v) is 8.04. The van der Waals surface area contributed by atoms with Crippen molar-refractivity contribution in [2.75, 3.05) is 42.1 Å². The molecule has 1 saturated heterocycles. The van der Waals surface area contributed by atoms with Crippen molar-refractivity contribution < 1.29 is 13.2 Å². The topological polar surface area (TPSA) is 111 Å². The number of rotatable bonds is 8. The van der Waals surface area contributed by atoms with Crippen molar-refractivity contribution in [2.45, 2.75) is 20.8 Å². The molecule has 1 fully saturated rings. The first-order valence-corrected chi connectivity index (χ1v) is 13.7. The first-order chi connectivity index (χ1) is 17.8. The van der Waals surface area contributed by atoms with Crippen molar-refractivity contribution in [3.63, 3.8) is 0 Å². The molecule has 0 atom stereocenters. The van der Waals surface area contributed by atoms with E-state index in [4.69, 9.17) is 10.00 Å². The van der Waals surface area contributed by atoms with Gasteiger partial charge in [0.15, 0.2) is 0 Å². The van der Waals surface area contributed by atoms with Gasteiger partial charge in [0.1, 0.15) is 5.75 Å². The predicted molar refractivity (Wildman–Crippen MR) is 146 cm³/mol. The number of benzene rings is 2. The van der Waals surface area contributed by atoms with Crippen molar-refractivity contribution in [3.8, 4) is 17.7 Å². The Morgan fingerprint density at radius 3 is 2.38 bits per heavy atom. The van der Waals surface area contributed by atoms with Gasteiger partial charge < -0.3 is 15.0 Å². The molecule has 0 radical (unpaired) electrons. The lowest BCUT2D eigenvalue weighted by atomic mass is 10.1. The molecule has 0 bridgehead atoms. The van der Waals surface area contributed by atoms with Gasteiger partial charge in [0.25, 0.3) is 0 Å². The summed E-state index contributed by atoms with van der Waals surface area (Å²) in [5.74, 6) is 1.68. The molecule has 4 rings (SSSR count). The lowest BCUT2D eigenvalue weighted by Crippen LogP contribution is -2.49. The van der Waals surface area contributed by atoms with Crippen molar-refractivity contribution in [1.82, 2.24) is 14.3 Å². The Labute approximate surface area is 218 Å². The normalized spacial score (nSPS) is 14.5. The Hall–Kier alpha value is -3.94. The largest absolute Gasteiger partial charge is 0.438 e. The van der Waals surface area contributed by atoms with E-state index < -0.39 is 10.0 Å². The maximum atomic E-state index is 12.1. The third-order valence-electron chi connectivity index (χ3n) is 6.16. The van der Waals surface area contributed by atoms with Crippen LogP contribution in [0.25, 0.3) is 6.08 Å². The summed E-state index contributed by atoms with van der Waals surface area (Å²) in [4.78, 5) is 11.0. The smallest absolute Gasteiger partial charge is 0.230 e. The van der Waals surface area contributed by atoms with Crippen LogP contribution in [0.5, 0.6) is 11.6 Å². The number of anilines is 3. The van der Waals surface area contributed by atoms with Crippen LogP contribution in [-0.2, 0) is 10.0 Å². The van der Waals surface area contributed by atoms with Crippen LogP contribution in [0, 0.1) is 25.2 Å². The molecular weight excluding hydrogens is 488 g/mol. The maximum absolute atomic E-state index is 12.1. The molecule has 1 aliphatic heterocycles. The van der Waals surface area contributed by atoms with Gasteiger partial charge in [-0.25, -0.2) is 13.4 Å². The number of nitrogens with one attached hydrogen (secondary N) is 1. The Bertz CT molecular complexity index is 1400. The highest BCUT2D eigenvalue weighted by atomic mass is 32.2. The zero-order valence-corrected chi connectivity index (χ0v) is 22.0. The monoisotopic (exact) mass is 518 g/mol. The van der Waals surface area contributed by atoms with E-state index in [1.165, 1.54) is 6.08 Å². The number of piperazine rings is 1. The van der Waals surface area contributed by atoms with Gasteiger partial charge in [0, 0.05) is 55.9 Å². The molecule has 0 aliphatic carbocycles. The van der Waals surface area contributed by atoms with E-state index in [0.717, 1.165) is 33.8 Å². The molecule has 2 aromatic carbocycles. The minimum absolute atomic E-state index is 0.133. The zero-order valence-electron chi connectivity index (χ0n) is 21.2. The fraction of sp³-hybridized carbons (Fsp3) is 0.296. The van der Waals surface area contributed by atoms with E-state index in [2.05, 4.69) is 20.2 Å². The number of hydrogen-bond donors (Lipinski definition) is 1. The molecule has 1 aliphatic rings. The first-order valence-electron chi connectivity index (χ1n) is 12.1. The number of sulfonamides is 1. The fourth-order valence-electron chi connectivity index (χ4n) is 4.23. The summed E-state index contributed by atoms with van der Waals surface area (Å²) < 4.78 is 31.8. The highest BCUT2D eigenvalue weighted by Crippen LogP contribution is 2.30. The van der Waals surface area contributed by atoms with Crippen LogP contribution in [0.3, 0.4) is 0 Å². The average Bonchev–Trinajstić information content (AvgIpc) is 2.90. The van der Waals surface area contributed by atoms with Crippen molar-refractivity contribution in [3.05, 3.63) is 71.4 Å². The molecule has 0 saturated carbocycles. The molecule has 2 heterocycles. The minimum atomic E-state index is -3.14. The zero-order chi connectivity index (χ0) is 26.4. The van der Waals surface area contributed by atoms with Gasteiger partial charge in [-0.2, -0.15) is 14.6 Å². The lowest BCUT2D eigenvalue weighted by Gasteiger charge is -2.35. The number of aryl methyl sites for hydroxylation is 2. The SMILES string of the molecule is CCS(=O)(=O)N1CCN(c2ccc(Nc3nccc(Oc4c(C)cc(/C=C/C#N)cc4C)n3)cc2)CC1. The number of hydrogen-bond acceptors (Lipinski definition) is 8. The molecule has 9 nitrogen and oxygen atoms in total. The highest BCUT2D eigenvalue weighted by Gasteiger charge is 2.25. The Morgan fingerprint density at radius 1 is 1.08 bits per heavy atom. The quantitative estimate of drug-likeness (QED) is 0.430. The van der Waals surface area contributed by atoms with Crippen LogP contribution in [0.4, 0.5) is 17.3 Å². The Kier molecular flexibility index (Phi) is 8.06. The fourth-order valence-corrected chi connectivity index (χ4v) is 5.31. The molecule has 10 heteroatoms. The van der Waals surface area contributed by atoms with Crippen LogP contribution in [0.15, 0.2) is 54.7 Å². The van der Waals surface area contributed by atoms with E-state index in [0.29, 0.717) is 38.0 Å². The number of aromatic nitrogens is 2. The number of ether oxygens (including phenoxy) is 1. The Morgan fingerprint density at radius 2 is 1.76 bits per heavy atom. The van der Waals surface area contributed by atoms with Crippen molar-refractivity contribution in [2.24, 2.45) is 0 Å². The molecule has 1 N–H and O–H groups in total. The van der Waals surface area contributed by atoms with Gasteiger partial charge in [-0.3, -0.25) is 0 Å². The summed E-state index contributed by atoms with van der Waals surface area (Å²) in [6.07, 6.45) is 4.85. The predicted octanol–water partition coefficient (Wildman–Crippen LogP) is 4.64. The van der Waals surface area contributed by atoms with Crippen LogP contribution < -0.4 is 15.0 Å². The second kappa shape index (κ2) is 11.4. The van der Waals surface area contributed by atoms with Crippen LogP contribution in [0.2, 0.25) is 0 Å². The lowest BCUT2D eigenvalue weighted by molar-refractivity contribution is 0.385. The van der Waals surface area contributed by atoms with E-state index in [-0.39, 0.29) is 5.75 Å². The second-order valence-electron chi connectivity index (χ2n) is 8.73. The number of allylic oxidation sites excluding steroid dienone is 1. The molecular formula is C27H30N6O3S. The first kappa shape index (κ1) is 26.1. The summed E-state index contributed by atoms with van der Waals surface area (Å²) in [5, 5.41) is 12.0. The van der Waals surface area contributed by atoms with Crippen LogP contribution >= 0.6 is 0 Å². The summed E-state index contributed by atoms with van der Waals surface area (Å²) >= 11 is 0. The van der Waals surface area contributed by atoms with Crippen molar-refractivity contribution in [1.29, 1.82) is 5.26 Å². The van der Waals surface area contributed by atoms with Gasteiger partial charge in [-0.05, 0) is 79.9 Å². The van der Waals surface area contributed by atoms with Crippen LogP contribution in [0.1, 0.15) is 23.6 Å². The second-order valence-corrected chi connectivity index (χ2v) is 11.0. The van der Waals surface area contributed by atoms with E-state index in [1.807, 2.05) is 56.3 Å². The molecule has 3 aromatic rings. The minimum Gasteiger partial charge on any atom is -0.438 e. The molecule has 0 spiro atoms. The summed E-state index contributed by atoms with van der Waals surface area (Å²) in [7, 11) is -3.14. The van der Waals surface area contributed by atoms with Gasteiger partial charge in [0.05, 0.1) is 11.8 Å². The average molecular weight is 519 g/mol. The van der Waals surface area contributed by atoms with Gasteiger partial charge in [0.2, 0.25) is 21.9 Å². The highest BCUT2D eigenvalue weighted by molar-refractivity contribution is 7.89. The standard InChI is InChI=1S/C27H30N6O3S/c1-4-37(34,35)33-16-14-32(15-17-33)24-9-7-23(8-10-24)30-27-29-13-11-25(31-27)36-26-20(2)18-22(6-5-12-28)19-21(26)3/h5-11,13,18-19H,4,14-17H2,1-3H3,(H,29,30,31)/b6-5+. The third kappa shape index (κ3) is 6.44. The van der Waals surface area contributed by atoms with Gasteiger partial charge in [-0.1, -0.05) is 0 Å². The molecule has 192 valence electrons. The summed E-state index contributed by atoms with van der Waals surface area (Å²) in [5.41, 5.74) is 4.68. The number of nitriles is 1. The van der Waals surface area contributed by atoms with E-state index in [9.17, 15) is 8.42 Å². The molecule has 1 aromatic heterocycles. The van der Waals surface area contributed by atoms with Gasteiger partial charge >= 0.3 is 0 Å². The molecule has 0 unspecified atom stereocenters. The van der Waals surface area contributed by atoms with Gasteiger partial charge in [-0.15, -0.1) is 0 Å². The maximum Gasteiger partial charge on any atom is 0.230 e. The van der Waals surface area contributed by atoms with Crippen LogP contribution in [-0.4, -0.2) is 54.6 Å². The summed E-state index contributed by atoms with van der Waals surface area (Å²) in [6.45, 7) is 7.89.